The second-order valence-electron chi connectivity index (χ2n) is 5.97. The number of anilines is 2. The molecule has 0 fully saturated rings. The van der Waals surface area contributed by atoms with E-state index in [0.29, 0.717) is 17.4 Å². The van der Waals surface area contributed by atoms with E-state index in [4.69, 9.17) is 9.47 Å². The Labute approximate surface area is 149 Å². The molecule has 0 aliphatic heterocycles. The van der Waals surface area contributed by atoms with Crippen molar-refractivity contribution in [2.24, 2.45) is 5.92 Å². The number of benzene rings is 2. The van der Waals surface area contributed by atoms with Gasteiger partial charge in [-0.25, -0.2) is 8.42 Å². The monoisotopic (exact) mass is 364 g/mol. The molecule has 0 bridgehead atoms. The van der Waals surface area contributed by atoms with Crippen molar-refractivity contribution in [2.75, 3.05) is 30.8 Å². The van der Waals surface area contributed by atoms with Crippen molar-refractivity contribution in [3.63, 3.8) is 0 Å². The van der Waals surface area contributed by atoms with Crippen molar-refractivity contribution in [3.05, 3.63) is 42.5 Å². The van der Waals surface area contributed by atoms with Crippen LogP contribution in [0.5, 0.6) is 11.5 Å². The van der Waals surface area contributed by atoms with E-state index >= 15 is 0 Å². The summed E-state index contributed by atoms with van der Waals surface area (Å²) in [7, 11) is -0.895. The predicted octanol–water partition coefficient (Wildman–Crippen LogP) is 3.57. The SMILES string of the molecule is COc1ccc(OC)c(S(=O)(=O)Nc2ccc(NCC(C)C)cc2)c1. The maximum Gasteiger partial charge on any atom is 0.265 e. The van der Waals surface area contributed by atoms with Crippen LogP contribution in [0.15, 0.2) is 47.4 Å². The van der Waals surface area contributed by atoms with E-state index in [1.54, 1.807) is 24.3 Å². The van der Waals surface area contributed by atoms with Crippen LogP contribution in [0.3, 0.4) is 0 Å². The first-order valence-corrected chi connectivity index (χ1v) is 9.43. The summed E-state index contributed by atoms with van der Waals surface area (Å²) in [6, 6.07) is 11.7. The Hall–Kier alpha value is -2.41. The van der Waals surface area contributed by atoms with Crippen LogP contribution in [0.1, 0.15) is 13.8 Å². The summed E-state index contributed by atoms with van der Waals surface area (Å²) in [6.07, 6.45) is 0. The van der Waals surface area contributed by atoms with E-state index in [2.05, 4.69) is 23.9 Å². The molecule has 7 heteroatoms. The summed E-state index contributed by atoms with van der Waals surface area (Å²) in [5.41, 5.74) is 1.41. The summed E-state index contributed by atoms with van der Waals surface area (Å²) in [6.45, 7) is 5.10. The van der Waals surface area contributed by atoms with Crippen LogP contribution in [0, 0.1) is 5.92 Å². The van der Waals surface area contributed by atoms with E-state index in [1.165, 1.54) is 20.3 Å². The second kappa shape index (κ2) is 8.11. The first-order chi connectivity index (χ1) is 11.9. The highest BCUT2D eigenvalue weighted by Gasteiger charge is 2.20. The number of sulfonamides is 1. The third-order valence-corrected chi connectivity index (χ3v) is 4.91. The molecule has 2 aromatic carbocycles. The Morgan fingerprint density at radius 3 is 2.16 bits per heavy atom. The standard InChI is InChI=1S/C18H24N2O4S/c1-13(2)12-19-14-5-7-15(8-6-14)20-25(21,22)18-11-16(23-3)9-10-17(18)24-4/h5-11,13,19-20H,12H2,1-4H3. The first-order valence-electron chi connectivity index (χ1n) is 7.94. The zero-order chi connectivity index (χ0) is 18.4. The van der Waals surface area contributed by atoms with E-state index < -0.39 is 10.0 Å². The quantitative estimate of drug-likeness (QED) is 0.749. The average Bonchev–Trinajstić information content (AvgIpc) is 2.60. The molecule has 0 unspecified atom stereocenters. The highest BCUT2D eigenvalue weighted by molar-refractivity contribution is 7.92. The molecular weight excluding hydrogens is 340 g/mol. The first kappa shape index (κ1) is 18.9. The second-order valence-corrected chi connectivity index (χ2v) is 7.63. The van der Waals surface area contributed by atoms with Gasteiger partial charge in [-0.2, -0.15) is 0 Å². The number of methoxy groups -OCH3 is 2. The van der Waals surface area contributed by atoms with E-state index in [-0.39, 0.29) is 10.6 Å². The van der Waals surface area contributed by atoms with Crippen molar-refractivity contribution < 1.29 is 17.9 Å². The third-order valence-electron chi connectivity index (χ3n) is 3.51. The van der Waals surface area contributed by atoms with Gasteiger partial charge in [-0.1, -0.05) is 13.8 Å². The van der Waals surface area contributed by atoms with Gasteiger partial charge in [0.15, 0.2) is 0 Å². The third kappa shape index (κ3) is 5.03. The van der Waals surface area contributed by atoms with Gasteiger partial charge >= 0.3 is 0 Å². The predicted molar refractivity (Wildman–Crippen MR) is 100 cm³/mol. The molecule has 0 heterocycles. The molecule has 2 N–H and O–H groups in total. The fraction of sp³-hybridized carbons (Fsp3) is 0.333. The van der Waals surface area contributed by atoms with Crippen LogP contribution in [-0.4, -0.2) is 29.2 Å². The van der Waals surface area contributed by atoms with Crippen LogP contribution in [0.25, 0.3) is 0 Å². The fourth-order valence-electron chi connectivity index (χ4n) is 2.18. The molecule has 2 aromatic rings. The van der Waals surface area contributed by atoms with Crippen molar-refractivity contribution in [3.8, 4) is 11.5 Å². The molecule has 0 spiro atoms. The molecule has 0 atom stereocenters. The molecule has 2 rings (SSSR count). The summed E-state index contributed by atoms with van der Waals surface area (Å²) in [5, 5.41) is 3.29. The van der Waals surface area contributed by atoms with Crippen molar-refractivity contribution in [2.45, 2.75) is 18.7 Å². The lowest BCUT2D eigenvalue weighted by molar-refractivity contribution is 0.392. The number of nitrogens with one attached hydrogen (secondary N) is 2. The van der Waals surface area contributed by atoms with E-state index in [9.17, 15) is 8.42 Å². The van der Waals surface area contributed by atoms with Gasteiger partial charge in [-0.3, -0.25) is 4.72 Å². The maximum absolute atomic E-state index is 12.7. The van der Waals surface area contributed by atoms with Gasteiger partial charge in [-0.15, -0.1) is 0 Å². The van der Waals surface area contributed by atoms with Crippen molar-refractivity contribution >= 4 is 21.4 Å². The average molecular weight is 364 g/mol. The lowest BCUT2D eigenvalue weighted by Gasteiger charge is -2.13. The van der Waals surface area contributed by atoms with Gasteiger partial charge < -0.3 is 14.8 Å². The lowest BCUT2D eigenvalue weighted by atomic mass is 10.2. The van der Waals surface area contributed by atoms with Crippen LogP contribution < -0.4 is 19.5 Å². The molecule has 0 aliphatic carbocycles. The number of hydrogen-bond donors (Lipinski definition) is 2. The minimum absolute atomic E-state index is 0.0244. The van der Waals surface area contributed by atoms with Crippen LogP contribution in [0.2, 0.25) is 0 Å². The van der Waals surface area contributed by atoms with Gasteiger partial charge in [0.2, 0.25) is 0 Å². The summed E-state index contributed by atoms with van der Waals surface area (Å²) in [5.74, 6) is 1.22. The van der Waals surface area contributed by atoms with Crippen LogP contribution >= 0.6 is 0 Å². The Morgan fingerprint density at radius 1 is 0.960 bits per heavy atom. The zero-order valence-corrected chi connectivity index (χ0v) is 15.7. The van der Waals surface area contributed by atoms with Crippen molar-refractivity contribution in [1.82, 2.24) is 0 Å². The highest BCUT2D eigenvalue weighted by Crippen LogP contribution is 2.29. The van der Waals surface area contributed by atoms with Crippen LogP contribution in [-0.2, 0) is 10.0 Å². The molecule has 0 saturated heterocycles. The Kier molecular flexibility index (Phi) is 6.14. The summed E-state index contributed by atoms with van der Waals surface area (Å²) < 4.78 is 38.2. The highest BCUT2D eigenvalue weighted by atomic mass is 32.2. The molecule has 136 valence electrons. The number of rotatable bonds is 8. The van der Waals surface area contributed by atoms with Crippen LogP contribution in [0.4, 0.5) is 11.4 Å². The van der Waals surface area contributed by atoms with Gasteiger partial charge in [0.1, 0.15) is 16.4 Å². The van der Waals surface area contributed by atoms with E-state index in [1.807, 2.05) is 12.1 Å². The molecule has 0 saturated carbocycles. The zero-order valence-electron chi connectivity index (χ0n) is 14.9. The summed E-state index contributed by atoms with van der Waals surface area (Å²) >= 11 is 0. The minimum Gasteiger partial charge on any atom is -0.497 e. The topological polar surface area (TPSA) is 76.7 Å². The van der Waals surface area contributed by atoms with Crippen molar-refractivity contribution in [1.29, 1.82) is 0 Å². The van der Waals surface area contributed by atoms with Gasteiger partial charge in [0, 0.05) is 24.0 Å². The molecule has 0 amide bonds. The molecule has 0 aromatic heterocycles. The molecule has 6 nitrogen and oxygen atoms in total. The Balaban J connectivity index is 2.21. The van der Waals surface area contributed by atoms with Gasteiger partial charge in [-0.05, 0) is 42.3 Å². The minimum atomic E-state index is -3.80. The fourth-order valence-corrected chi connectivity index (χ4v) is 3.43. The molecule has 0 aliphatic rings. The Bertz CT molecular complexity index is 802. The molecular formula is C18H24N2O4S. The molecule has 25 heavy (non-hydrogen) atoms. The summed E-state index contributed by atoms with van der Waals surface area (Å²) in [4.78, 5) is 0.0244. The number of ether oxygens (including phenoxy) is 2. The lowest BCUT2D eigenvalue weighted by Crippen LogP contribution is -2.14. The smallest absolute Gasteiger partial charge is 0.265 e. The number of hydrogen-bond acceptors (Lipinski definition) is 5. The Morgan fingerprint density at radius 2 is 1.60 bits per heavy atom. The largest absolute Gasteiger partial charge is 0.497 e. The normalized spacial score (nSPS) is 11.2. The molecule has 0 radical (unpaired) electrons. The van der Waals surface area contributed by atoms with Gasteiger partial charge in [0.25, 0.3) is 10.0 Å². The maximum atomic E-state index is 12.7. The van der Waals surface area contributed by atoms with E-state index in [0.717, 1.165) is 12.2 Å². The van der Waals surface area contributed by atoms with Gasteiger partial charge in [0.05, 0.1) is 14.2 Å².